The van der Waals surface area contributed by atoms with Gasteiger partial charge in [-0.25, -0.2) is 4.98 Å². The average Bonchev–Trinajstić information content (AvgIpc) is 3.72. The average molecular weight is 610 g/mol. The third-order valence-corrected chi connectivity index (χ3v) is 10.2. The molecular formula is C38H51N5O2. The van der Waals surface area contributed by atoms with Crippen LogP contribution < -0.4 is 0 Å². The lowest BCUT2D eigenvalue weighted by molar-refractivity contribution is -0.130. The van der Waals surface area contributed by atoms with E-state index in [0.29, 0.717) is 6.42 Å². The van der Waals surface area contributed by atoms with Crippen LogP contribution in [0.25, 0.3) is 33.2 Å². The van der Waals surface area contributed by atoms with Crippen LogP contribution in [0.2, 0.25) is 0 Å². The Balaban J connectivity index is 1.66. The molecule has 5 rings (SSSR count). The van der Waals surface area contributed by atoms with Crippen molar-refractivity contribution >= 4 is 39.1 Å². The van der Waals surface area contributed by atoms with E-state index in [0.717, 1.165) is 95.5 Å². The number of aromatic amines is 2. The summed E-state index contributed by atoms with van der Waals surface area (Å²) in [6, 6.07) is 8.87. The lowest BCUT2D eigenvalue weighted by Gasteiger charge is -2.20. The molecule has 2 aliphatic heterocycles. The molecule has 240 valence electrons. The van der Waals surface area contributed by atoms with Gasteiger partial charge < -0.3 is 20.0 Å². The quantitative estimate of drug-likeness (QED) is 0.201. The van der Waals surface area contributed by atoms with Crippen molar-refractivity contribution in [2.45, 2.75) is 105 Å². The number of carbonyl (C=O) groups is 1. The highest BCUT2D eigenvalue weighted by Gasteiger charge is 2.31. The molecule has 0 spiro atoms. The number of nitrogens with zero attached hydrogens (tertiary/aromatic N) is 3. The van der Waals surface area contributed by atoms with Gasteiger partial charge in [0.25, 0.3) is 0 Å². The van der Waals surface area contributed by atoms with Crippen molar-refractivity contribution in [3.05, 3.63) is 69.3 Å². The number of aliphatic hydroxyl groups is 1. The van der Waals surface area contributed by atoms with Gasteiger partial charge in [0.15, 0.2) is 0 Å². The summed E-state index contributed by atoms with van der Waals surface area (Å²) in [7, 11) is 1.90. The lowest BCUT2D eigenvalue weighted by atomic mass is 9.86. The standard InChI is InChI=1S/C38H51N5O2/c1-9-27-24(5)33-21-36-28(10-2)23(4)32(40-36)20-34-25(6)29(14-15-37(45)43(8)16-12-11-13-17-44)38(42-34)26(7)31-18-22(3)30(39-31)19-35(27)41-33/h18-21,25,29,39-40,44H,9-17H2,1-8H3/t25-,29-/m0/s1. The van der Waals surface area contributed by atoms with Crippen molar-refractivity contribution in [2.24, 2.45) is 0 Å². The van der Waals surface area contributed by atoms with Crippen molar-refractivity contribution in [2.75, 3.05) is 20.2 Å². The van der Waals surface area contributed by atoms with Crippen LogP contribution in [0.1, 0.15) is 123 Å². The number of amides is 1. The number of rotatable bonds is 10. The minimum atomic E-state index is 0.134. The number of hydrogen-bond donors (Lipinski definition) is 3. The Hall–Kier alpha value is -3.71. The van der Waals surface area contributed by atoms with Gasteiger partial charge in [-0.1, -0.05) is 20.8 Å². The van der Waals surface area contributed by atoms with Crippen molar-refractivity contribution < 1.29 is 9.90 Å². The molecule has 0 radical (unpaired) electrons. The third-order valence-electron chi connectivity index (χ3n) is 10.2. The van der Waals surface area contributed by atoms with Crippen molar-refractivity contribution in [3.63, 3.8) is 0 Å². The van der Waals surface area contributed by atoms with E-state index in [2.05, 4.69) is 82.7 Å². The SMILES string of the molecule is CCC1=C(C)c2cc3[nH]c(cc4nc(c(C)c5cc(C)c(cc1n2)[nH]5)[C@@H](CCC(=O)N(C)CCCCCO)[C@@H]4C)c(C)c3CC. The number of H-pyrrole nitrogens is 2. The lowest BCUT2D eigenvalue weighted by Crippen LogP contribution is -2.28. The molecule has 1 amide bonds. The number of aryl methyl sites for hydroxylation is 4. The summed E-state index contributed by atoms with van der Waals surface area (Å²) >= 11 is 0. The molecule has 0 aromatic carbocycles. The highest BCUT2D eigenvalue weighted by atomic mass is 16.3. The number of aliphatic hydroxyl groups excluding tert-OH is 1. The first kappa shape index (κ1) is 32.7. The molecule has 5 heterocycles. The normalized spacial score (nSPS) is 16.5. The first-order chi connectivity index (χ1) is 21.6. The first-order valence-corrected chi connectivity index (χ1v) is 16.8. The molecular weight excluding hydrogens is 558 g/mol. The maximum atomic E-state index is 13.2. The summed E-state index contributed by atoms with van der Waals surface area (Å²) in [4.78, 5) is 32.9. The van der Waals surface area contributed by atoms with Gasteiger partial charge in [0.1, 0.15) is 0 Å². The zero-order chi connectivity index (χ0) is 32.4. The number of unbranched alkanes of at least 4 members (excludes halogenated alkanes) is 2. The van der Waals surface area contributed by atoms with E-state index in [9.17, 15) is 4.79 Å². The number of nitrogens with one attached hydrogen (secondary N) is 2. The Labute approximate surface area is 268 Å². The molecule has 3 aromatic rings. The molecule has 7 heteroatoms. The minimum absolute atomic E-state index is 0.134. The maximum Gasteiger partial charge on any atom is 0.222 e. The number of allylic oxidation sites excluding steroid dienone is 2. The fourth-order valence-corrected chi connectivity index (χ4v) is 7.13. The van der Waals surface area contributed by atoms with Crippen LogP contribution in [-0.2, 0) is 11.2 Å². The molecule has 2 aliphatic rings. The van der Waals surface area contributed by atoms with Crippen LogP contribution in [0, 0.1) is 20.8 Å². The number of hydrogen-bond acceptors (Lipinski definition) is 4. The van der Waals surface area contributed by atoms with Gasteiger partial charge in [-0.05, 0) is 124 Å². The van der Waals surface area contributed by atoms with Crippen molar-refractivity contribution in [3.8, 4) is 0 Å². The molecule has 2 atom stereocenters. The van der Waals surface area contributed by atoms with Gasteiger partial charge in [-0.2, -0.15) is 0 Å². The Morgan fingerprint density at radius 3 is 2.29 bits per heavy atom. The molecule has 3 aromatic heterocycles. The van der Waals surface area contributed by atoms with Crippen molar-refractivity contribution in [1.82, 2.24) is 24.8 Å². The van der Waals surface area contributed by atoms with Crippen LogP contribution >= 0.6 is 0 Å². The molecule has 3 N–H and O–H groups in total. The second-order valence-corrected chi connectivity index (χ2v) is 13.0. The van der Waals surface area contributed by atoms with E-state index in [4.69, 9.17) is 15.1 Å². The molecule has 0 fully saturated rings. The van der Waals surface area contributed by atoms with Crippen LogP contribution in [0.4, 0.5) is 0 Å². The smallest absolute Gasteiger partial charge is 0.222 e. The summed E-state index contributed by atoms with van der Waals surface area (Å²) in [6.07, 6.45) is 5.71. The Bertz CT molecular complexity index is 1780. The van der Waals surface area contributed by atoms with Gasteiger partial charge in [-0.15, -0.1) is 0 Å². The maximum absolute atomic E-state index is 13.2. The van der Waals surface area contributed by atoms with Gasteiger partial charge in [-0.3, -0.25) is 9.78 Å². The topological polar surface area (TPSA) is 97.9 Å². The largest absolute Gasteiger partial charge is 0.396 e. The fourth-order valence-electron chi connectivity index (χ4n) is 7.13. The Morgan fingerprint density at radius 2 is 1.58 bits per heavy atom. The highest BCUT2D eigenvalue weighted by molar-refractivity contribution is 5.92. The van der Waals surface area contributed by atoms with E-state index >= 15 is 0 Å². The summed E-state index contributed by atoms with van der Waals surface area (Å²) in [5.41, 5.74) is 15.9. The molecule has 0 saturated carbocycles. The van der Waals surface area contributed by atoms with E-state index in [1.165, 1.54) is 27.8 Å². The molecule has 0 aliphatic carbocycles. The number of carbonyl (C=O) groups excluding carboxylic acids is 1. The van der Waals surface area contributed by atoms with Gasteiger partial charge >= 0.3 is 0 Å². The predicted octanol–water partition coefficient (Wildman–Crippen LogP) is 8.43. The molecule has 45 heavy (non-hydrogen) atoms. The number of fused-ring (bicyclic) bond motifs is 8. The van der Waals surface area contributed by atoms with E-state index < -0.39 is 0 Å². The third kappa shape index (κ3) is 6.51. The van der Waals surface area contributed by atoms with Crippen molar-refractivity contribution in [1.29, 1.82) is 0 Å². The van der Waals surface area contributed by atoms with Crippen LogP contribution in [0.3, 0.4) is 0 Å². The second-order valence-electron chi connectivity index (χ2n) is 13.0. The minimum Gasteiger partial charge on any atom is -0.396 e. The van der Waals surface area contributed by atoms with Gasteiger partial charge in [0.2, 0.25) is 5.91 Å². The molecule has 7 nitrogen and oxygen atoms in total. The van der Waals surface area contributed by atoms with E-state index in [1.807, 2.05) is 11.9 Å². The van der Waals surface area contributed by atoms with E-state index in [-0.39, 0.29) is 24.3 Å². The molecule has 8 bridgehead atoms. The van der Waals surface area contributed by atoms with Crippen LogP contribution in [0.15, 0.2) is 24.3 Å². The highest BCUT2D eigenvalue weighted by Crippen LogP contribution is 2.42. The Kier molecular flexibility index (Phi) is 9.97. The van der Waals surface area contributed by atoms with Crippen LogP contribution in [-0.4, -0.2) is 56.0 Å². The Morgan fingerprint density at radius 1 is 0.867 bits per heavy atom. The van der Waals surface area contributed by atoms with Gasteiger partial charge in [0.05, 0.1) is 11.4 Å². The first-order valence-electron chi connectivity index (χ1n) is 16.8. The monoisotopic (exact) mass is 609 g/mol. The summed E-state index contributed by atoms with van der Waals surface area (Å²) < 4.78 is 0. The second kappa shape index (κ2) is 13.7. The summed E-state index contributed by atoms with van der Waals surface area (Å²) in [5, 5.41) is 9.08. The summed E-state index contributed by atoms with van der Waals surface area (Å²) in [5.74, 6) is 0.474. The van der Waals surface area contributed by atoms with Gasteiger partial charge in [0, 0.05) is 71.9 Å². The fraction of sp³-hybridized carbons (Fsp3) is 0.500. The number of aromatic nitrogens is 4. The predicted molar refractivity (Wildman–Crippen MR) is 186 cm³/mol. The van der Waals surface area contributed by atoms with E-state index in [1.54, 1.807) is 0 Å². The molecule has 0 saturated heterocycles. The summed E-state index contributed by atoms with van der Waals surface area (Å²) in [6.45, 7) is 16.3. The zero-order valence-corrected chi connectivity index (χ0v) is 28.5. The van der Waals surface area contributed by atoms with Crippen LogP contribution in [0.5, 0.6) is 0 Å². The molecule has 0 unspecified atom stereocenters. The zero-order valence-electron chi connectivity index (χ0n) is 28.5.